The maximum atomic E-state index is 5.96. The molecule has 0 aromatic heterocycles. The molecule has 1 aromatic carbocycles. The number of nitrogens with two attached hydrogens (primary N) is 1. The summed E-state index contributed by atoms with van der Waals surface area (Å²) >= 11 is 2.38. The second-order valence-electron chi connectivity index (χ2n) is 3.45. The largest absolute Gasteiger partial charge is 0.324 e. The molecule has 0 bridgehead atoms. The van der Waals surface area contributed by atoms with Gasteiger partial charge in [-0.2, -0.15) is 0 Å². The van der Waals surface area contributed by atoms with Gasteiger partial charge in [-0.3, -0.25) is 0 Å². The maximum absolute atomic E-state index is 5.96. The summed E-state index contributed by atoms with van der Waals surface area (Å²) in [6, 6.07) is 4.81. The van der Waals surface area contributed by atoms with Crippen LogP contribution in [0.25, 0.3) is 0 Å². The minimum Gasteiger partial charge on any atom is -0.324 e. The quantitative estimate of drug-likeness (QED) is 0.722. The molecule has 12 heavy (non-hydrogen) atoms. The first-order valence-electron chi connectivity index (χ1n) is 4.23. The van der Waals surface area contributed by atoms with E-state index in [4.69, 9.17) is 5.73 Å². The van der Waals surface area contributed by atoms with Gasteiger partial charge in [-0.15, -0.1) is 0 Å². The Morgan fingerprint density at radius 1 is 1.50 bits per heavy atom. The first kappa shape index (κ1) is 8.51. The Labute approximate surface area is 86.5 Å². The van der Waals surface area contributed by atoms with E-state index in [1.165, 1.54) is 20.3 Å². The number of rotatable bonds is 0. The molecule has 1 unspecified atom stereocenters. The normalized spacial score (nSPS) is 21.1. The van der Waals surface area contributed by atoms with Crippen molar-refractivity contribution in [3.8, 4) is 0 Å². The summed E-state index contributed by atoms with van der Waals surface area (Å²) in [7, 11) is 0. The van der Waals surface area contributed by atoms with E-state index in [-0.39, 0.29) is 6.04 Å². The van der Waals surface area contributed by atoms with Crippen molar-refractivity contribution in [1.29, 1.82) is 0 Å². The van der Waals surface area contributed by atoms with Crippen LogP contribution in [0.4, 0.5) is 0 Å². The summed E-state index contributed by atoms with van der Waals surface area (Å²) in [6.07, 6.45) is 2.28. The fraction of sp³-hybridized carbons (Fsp3) is 0.400. The molecule has 1 atom stereocenters. The molecule has 0 radical (unpaired) electrons. The third kappa shape index (κ3) is 1.27. The standard InChI is InChI=1S/C10H12IN/c1-6-4-8-7(5-9(6)11)2-3-10(8)12/h4-5,10H,2-3,12H2,1H3. The fourth-order valence-corrected chi connectivity index (χ4v) is 2.30. The van der Waals surface area contributed by atoms with Crippen LogP contribution in [0.1, 0.15) is 29.2 Å². The zero-order chi connectivity index (χ0) is 8.72. The van der Waals surface area contributed by atoms with Crippen molar-refractivity contribution in [3.05, 3.63) is 32.4 Å². The lowest BCUT2D eigenvalue weighted by Gasteiger charge is -2.06. The molecule has 1 aliphatic carbocycles. The summed E-state index contributed by atoms with van der Waals surface area (Å²) < 4.78 is 1.36. The summed E-state index contributed by atoms with van der Waals surface area (Å²) in [5.41, 5.74) is 10.1. The average Bonchev–Trinajstić information content (AvgIpc) is 2.35. The van der Waals surface area contributed by atoms with Crippen molar-refractivity contribution in [2.24, 2.45) is 5.73 Å². The van der Waals surface area contributed by atoms with Gasteiger partial charge in [0.1, 0.15) is 0 Å². The molecule has 2 N–H and O–H groups in total. The Morgan fingerprint density at radius 2 is 2.25 bits per heavy atom. The van der Waals surface area contributed by atoms with Gasteiger partial charge in [0.2, 0.25) is 0 Å². The van der Waals surface area contributed by atoms with Gasteiger partial charge in [-0.05, 0) is 65.1 Å². The van der Waals surface area contributed by atoms with E-state index in [1.807, 2.05) is 0 Å². The number of benzene rings is 1. The molecule has 1 aliphatic rings. The number of halogens is 1. The lowest BCUT2D eigenvalue weighted by atomic mass is 10.1. The first-order chi connectivity index (χ1) is 5.68. The Kier molecular flexibility index (Phi) is 2.12. The van der Waals surface area contributed by atoms with Crippen molar-refractivity contribution >= 4 is 22.6 Å². The van der Waals surface area contributed by atoms with Crippen LogP contribution in [-0.4, -0.2) is 0 Å². The third-order valence-electron chi connectivity index (χ3n) is 2.54. The minimum absolute atomic E-state index is 0.288. The van der Waals surface area contributed by atoms with E-state index in [0.717, 1.165) is 12.8 Å². The molecule has 0 saturated heterocycles. The second kappa shape index (κ2) is 3.00. The van der Waals surface area contributed by atoms with E-state index in [1.54, 1.807) is 0 Å². The van der Waals surface area contributed by atoms with Crippen LogP contribution >= 0.6 is 22.6 Å². The molecule has 2 rings (SSSR count). The molecule has 2 heteroatoms. The van der Waals surface area contributed by atoms with Gasteiger partial charge < -0.3 is 5.73 Å². The molecule has 1 nitrogen and oxygen atoms in total. The number of hydrogen-bond donors (Lipinski definition) is 1. The van der Waals surface area contributed by atoms with Gasteiger partial charge >= 0.3 is 0 Å². The van der Waals surface area contributed by atoms with Gasteiger partial charge in [-0.25, -0.2) is 0 Å². The van der Waals surface area contributed by atoms with E-state index in [9.17, 15) is 0 Å². The lowest BCUT2D eigenvalue weighted by Crippen LogP contribution is -2.05. The molecule has 0 aliphatic heterocycles. The van der Waals surface area contributed by atoms with Crippen LogP contribution in [0, 0.1) is 10.5 Å². The molecular weight excluding hydrogens is 261 g/mol. The van der Waals surface area contributed by atoms with Gasteiger partial charge in [0, 0.05) is 9.61 Å². The second-order valence-corrected chi connectivity index (χ2v) is 4.61. The van der Waals surface area contributed by atoms with Crippen LogP contribution in [0.2, 0.25) is 0 Å². The highest BCUT2D eigenvalue weighted by molar-refractivity contribution is 14.1. The van der Waals surface area contributed by atoms with Crippen molar-refractivity contribution in [1.82, 2.24) is 0 Å². The highest BCUT2D eigenvalue weighted by Gasteiger charge is 2.19. The SMILES string of the molecule is Cc1cc2c(cc1I)CCC2N. The Morgan fingerprint density at radius 3 is 3.00 bits per heavy atom. The Balaban J connectivity index is 2.56. The monoisotopic (exact) mass is 273 g/mol. The molecule has 64 valence electrons. The summed E-state index contributed by atoms with van der Waals surface area (Å²) in [5, 5.41) is 0. The van der Waals surface area contributed by atoms with Crippen LogP contribution in [-0.2, 0) is 6.42 Å². The summed E-state index contributed by atoms with van der Waals surface area (Å²) in [5.74, 6) is 0. The third-order valence-corrected chi connectivity index (χ3v) is 3.71. The van der Waals surface area contributed by atoms with Gasteiger partial charge in [-0.1, -0.05) is 6.07 Å². The van der Waals surface area contributed by atoms with Crippen LogP contribution in [0.15, 0.2) is 12.1 Å². The summed E-state index contributed by atoms with van der Waals surface area (Å²) in [4.78, 5) is 0. The molecule has 0 fully saturated rings. The topological polar surface area (TPSA) is 26.0 Å². The molecule has 1 aromatic rings. The number of hydrogen-bond acceptors (Lipinski definition) is 1. The predicted molar refractivity (Wildman–Crippen MR) is 59.1 cm³/mol. The molecule has 0 heterocycles. The fourth-order valence-electron chi connectivity index (χ4n) is 1.77. The van der Waals surface area contributed by atoms with Crippen molar-refractivity contribution < 1.29 is 0 Å². The van der Waals surface area contributed by atoms with E-state index in [2.05, 4.69) is 41.6 Å². The van der Waals surface area contributed by atoms with Crippen molar-refractivity contribution in [2.75, 3.05) is 0 Å². The van der Waals surface area contributed by atoms with Crippen molar-refractivity contribution in [3.63, 3.8) is 0 Å². The van der Waals surface area contributed by atoms with Crippen molar-refractivity contribution in [2.45, 2.75) is 25.8 Å². The Bertz CT molecular complexity index is 320. The van der Waals surface area contributed by atoms with Crippen LogP contribution in [0.5, 0.6) is 0 Å². The zero-order valence-electron chi connectivity index (χ0n) is 7.10. The maximum Gasteiger partial charge on any atom is 0.0300 e. The zero-order valence-corrected chi connectivity index (χ0v) is 9.26. The Hall–Kier alpha value is -0.0900. The number of aryl methyl sites for hydroxylation is 2. The minimum atomic E-state index is 0.288. The predicted octanol–water partition coefficient (Wildman–Crippen LogP) is 2.55. The molecule has 0 amide bonds. The molecular formula is C10H12IN. The highest BCUT2D eigenvalue weighted by atomic mass is 127. The van der Waals surface area contributed by atoms with Gasteiger partial charge in [0.05, 0.1) is 0 Å². The van der Waals surface area contributed by atoms with Crippen LogP contribution in [0.3, 0.4) is 0 Å². The highest BCUT2D eigenvalue weighted by Crippen LogP contribution is 2.31. The van der Waals surface area contributed by atoms with Gasteiger partial charge in [0.15, 0.2) is 0 Å². The molecule has 0 spiro atoms. The first-order valence-corrected chi connectivity index (χ1v) is 5.31. The van der Waals surface area contributed by atoms with E-state index in [0.29, 0.717) is 0 Å². The summed E-state index contributed by atoms with van der Waals surface area (Å²) in [6.45, 7) is 2.15. The number of fused-ring (bicyclic) bond motifs is 1. The smallest absolute Gasteiger partial charge is 0.0300 e. The van der Waals surface area contributed by atoms with E-state index >= 15 is 0 Å². The lowest BCUT2D eigenvalue weighted by molar-refractivity contribution is 0.713. The average molecular weight is 273 g/mol. The van der Waals surface area contributed by atoms with E-state index < -0.39 is 0 Å². The molecule has 0 saturated carbocycles. The van der Waals surface area contributed by atoms with Crippen LogP contribution < -0.4 is 5.73 Å². The van der Waals surface area contributed by atoms with Gasteiger partial charge in [0.25, 0.3) is 0 Å².